The highest BCUT2D eigenvalue weighted by Gasteiger charge is 2.22. The Labute approximate surface area is 92.9 Å². The number of hydrogen-bond donors (Lipinski definition) is 1. The number of aliphatic hydroxyl groups is 1. The van der Waals surface area contributed by atoms with Crippen molar-refractivity contribution in [2.75, 3.05) is 13.2 Å². The lowest BCUT2D eigenvalue weighted by molar-refractivity contribution is 0.271. The summed E-state index contributed by atoms with van der Waals surface area (Å²) < 4.78 is 32.4. The third kappa shape index (κ3) is 2.02. The molecule has 0 amide bonds. The van der Waals surface area contributed by atoms with Crippen molar-refractivity contribution in [1.29, 1.82) is 0 Å². The number of fused-ring (bicyclic) bond motifs is 1. The molecule has 4 heteroatoms. The molecule has 0 radical (unpaired) electrons. The zero-order chi connectivity index (χ0) is 11.5. The highest BCUT2D eigenvalue weighted by Crippen LogP contribution is 2.33. The molecule has 0 fully saturated rings. The molecule has 0 bridgehead atoms. The molecule has 1 aliphatic heterocycles. The summed E-state index contributed by atoms with van der Waals surface area (Å²) in [5, 5.41) is 8.74. The molecule has 0 saturated heterocycles. The molecule has 1 N–H and O–H groups in total. The molecule has 1 aromatic rings. The van der Waals surface area contributed by atoms with E-state index in [0.717, 1.165) is 12.5 Å². The Kier molecular flexibility index (Phi) is 3.39. The monoisotopic (exact) mass is 228 g/mol. The highest BCUT2D eigenvalue weighted by atomic mass is 19.1. The van der Waals surface area contributed by atoms with Gasteiger partial charge in [-0.2, -0.15) is 0 Å². The van der Waals surface area contributed by atoms with E-state index >= 15 is 0 Å². The van der Waals surface area contributed by atoms with Gasteiger partial charge >= 0.3 is 0 Å². The highest BCUT2D eigenvalue weighted by molar-refractivity contribution is 5.44. The second-order valence-electron chi connectivity index (χ2n) is 3.91. The van der Waals surface area contributed by atoms with Crippen molar-refractivity contribution in [2.45, 2.75) is 25.7 Å². The van der Waals surface area contributed by atoms with Crippen LogP contribution in [0.1, 0.15) is 24.0 Å². The Balaban J connectivity index is 2.41. The first kappa shape index (κ1) is 11.3. The van der Waals surface area contributed by atoms with Crippen molar-refractivity contribution in [2.24, 2.45) is 0 Å². The second kappa shape index (κ2) is 4.78. The number of rotatable bonds is 3. The number of benzene rings is 1. The van der Waals surface area contributed by atoms with Crippen LogP contribution >= 0.6 is 0 Å². The van der Waals surface area contributed by atoms with Gasteiger partial charge in [0.2, 0.25) is 0 Å². The quantitative estimate of drug-likeness (QED) is 0.859. The fourth-order valence-corrected chi connectivity index (χ4v) is 2.00. The molecule has 2 nitrogen and oxygen atoms in total. The van der Waals surface area contributed by atoms with E-state index in [-0.39, 0.29) is 6.61 Å². The van der Waals surface area contributed by atoms with Crippen LogP contribution in [-0.2, 0) is 12.8 Å². The van der Waals surface area contributed by atoms with Gasteiger partial charge in [0.05, 0.1) is 6.61 Å². The summed E-state index contributed by atoms with van der Waals surface area (Å²) in [6.07, 6.45) is 2.19. The molecule has 0 saturated carbocycles. The topological polar surface area (TPSA) is 29.5 Å². The van der Waals surface area contributed by atoms with Crippen LogP contribution in [0.5, 0.6) is 5.75 Å². The maximum Gasteiger partial charge on any atom is 0.133 e. The van der Waals surface area contributed by atoms with Crippen LogP contribution in [0.4, 0.5) is 8.78 Å². The predicted octanol–water partition coefficient (Wildman–Crippen LogP) is 2.21. The van der Waals surface area contributed by atoms with Gasteiger partial charge in [0, 0.05) is 23.8 Å². The SMILES string of the molecule is OCCCc1c(F)cc(F)c2c1OCCC2. The third-order valence-electron chi connectivity index (χ3n) is 2.78. The number of halogens is 2. The molecule has 2 rings (SSSR count). The standard InChI is InChI=1S/C12H14F2O2/c13-10-7-11(14)9-4-2-6-16-12(9)8(10)3-1-5-15/h7,15H,1-6H2. The fraction of sp³-hybridized carbons (Fsp3) is 0.500. The van der Waals surface area contributed by atoms with Crippen LogP contribution in [-0.4, -0.2) is 18.3 Å². The Morgan fingerprint density at radius 2 is 2.12 bits per heavy atom. The lowest BCUT2D eigenvalue weighted by atomic mass is 9.98. The van der Waals surface area contributed by atoms with Crippen molar-refractivity contribution >= 4 is 0 Å². The Hall–Kier alpha value is -1.16. The maximum atomic E-state index is 13.6. The van der Waals surface area contributed by atoms with Crippen molar-refractivity contribution in [3.8, 4) is 5.75 Å². The summed E-state index contributed by atoms with van der Waals surface area (Å²) in [5.41, 5.74) is 0.866. The Morgan fingerprint density at radius 3 is 2.88 bits per heavy atom. The van der Waals surface area contributed by atoms with Gasteiger partial charge in [-0.05, 0) is 25.7 Å². The van der Waals surface area contributed by atoms with Gasteiger partial charge in [-0.15, -0.1) is 0 Å². The summed E-state index contributed by atoms with van der Waals surface area (Å²) >= 11 is 0. The van der Waals surface area contributed by atoms with Crippen molar-refractivity contribution in [1.82, 2.24) is 0 Å². The number of hydrogen-bond acceptors (Lipinski definition) is 2. The normalized spacial score (nSPS) is 14.4. The summed E-state index contributed by atoms with van der Waals surface area (Å²) in [5.74, 6) is -0.747. The molecular weight excluding hydrogens is 214 g/mol. The van der Waals surface area contributed by atoms with Crippen LogP contribution in [0.2, 0.25) is 0 Å². The van der Waals surface area contributed by atoms with E-state index in [2.05, 4.69) is 0 Å². The van der Waals surface area contributed by atoms with Crippen LogP contribution in [0.25, 0.3) is 0 Å². The lowest BCUT2D eigenvalue weighted by Crippen LogP contribution is -2.14. The van der Waals surface area contributed by atoms with Gasteiger partial charge in [-0.3, -0.25) is 0 Å². The summed E-state index contributed by atoms with van der Waals surface area (Å²) in [7, 11) is 0. The van der Waals surface area contributed by atoms with E-state index in [0.29, 0.717) is 42.7 Å². The minimum Gasteiger partial charge on any atom is -0.493 e. The van der Waals surface area contributed by atoms with Gasteiger partial charge in [0.15, 0.2) is 0 Å². The molecule has 16 heavy (non-hydrogen) atoms. The van der Waals surface area contributed by atoms with Crippen molar-refractivity contribution < 1.29 is 18.6 Å². The van der Waals surface area contributed by atoms with Gasteiger partial charge in [-0.25, -0.2) is 8.78 Å². The predicted molar refractivity (Wildman–Crippen MR) is 55.6 cm³/mol. The molecule has 88 valence electrons. The first-order valence-corrected chi connectivity index (χ1v) is 5.47. The molecule has 0 unspecified atom stereocenters. The average molecular weight is 228 g/mol. The summed E-state index contributed by atoms with van der Waals surface area (Å²) in [6.45, 7) is 0.494. The zero-order valence-electron chi connectivity index (χ0n) is 8.93. The van der Waals surface area contributed by atoms with Gasteiger partial charge in [-0.1, -0.05) is 0 Å². The largest absolute Gasteiger partial charge is 0.493 e. The number of aliphatic hydroxyl groups excluding tert-OH is 1. The van der Waals surface area contributed by atoms with Crippen molar-refractivity contribution in [3.05, 3.63) is 28.8 Å². The van der Waals surface area contributed by atoms with Crippen LogP contribution in [0, 0.1) is 11.6 Å². The molecule has 0 atom stereocenters. The Bertz CT molecular complexity index is 391. The molecule has 1 heterocycles. The summed E-state index contributed by atoms with van der Waals surface area (Å²) in [4.78, 5) is 0. The van der Waals surface area contributed by atoms with E-state index in [1.165, 1.54) is 0 Å². The second-order valence-corrected chi connectivity index (χ2v) is 3.91. The molecule has 0 aliphatic carbocycles. The van der Waals surface area contributed by atoms with Gasteiger partial charge in [0.25, 0.3) is 0 Å². The fourth-order valence-electron chi connectivity index (χ4n) is 2.00. The van der Waals surface area contributed by atoms with E-state index in [1.807, 2.05) is 0 Å². The minimum atomic E-state index is -0.577. The van der Waals surface area contributed by atoms with E-state index in [4.69, 9.17) is 9.84 Å². The van der Waals surface area contributed by atoms with Crippen LogP contribution in [0.15, 0.2) is 6.07 Å². The molecular formula is C12H14F2O2. The molecule has 1 aliphatic rings. The smallest absolute Gasteiger partial charge is 0.133 e. The lowest BCUT2D eigenvalue weighted by Gasteiger charge is -2.21. The zero-order valence-corrected chi connectivity index (χ0v) is 8.93. The van der Waals surface area contributed by atoms with Gasteiger partial charge in [0.1, 0.15) is 17.4 Å². The van der Waals surface area contributed by atoms with Gasteiger partial charge < -0.3 is 9.84 Å². The minimum absolute atomic E-state index is 0.00834. The third-order valence-corrected chi connectivity index (χ3v) is 2.78. The first-order chi connectivity index (χ1) is 7.74. The van der Waals surface area contributed by atoms with E-state index in [1.54, 1.807) is 0 Å². The van der Waals surface area contributed by atoms with E-state index < -0.39 is 11.6 Å². The maximum absolute atomic E-state index is 13.6. The van der Waals surface area contributed by atoms with E-state index in [9.17, 15) is 8.78 Å². The Morgan fingerprint density at radius 1 is 1.31 bits per heavy atom. The molecule has 0 aromatic heterocycles. The summed E-state index contributed by atoms with van der Waals surface area (Å²) in [6, 6.07) is 0.917. The van der Waals surface area contributed by atoms with Crippen molar-refractivity contribution in [3.63, 3.8) is 0 Å². The molecule has 0 spiro atoms. The molecule has 1 aromatic carbocycles. The number of ether oxygens (including phenoxy) is 1. The van der Waals surface area contributed by atoms with Crippen LogP contribution in [0.3, 0.4) is 0 Å². The average Bonchev–Trinajstić information content (AvgIpc) is 2.29. The first-order valence-electron chi connectivity index (χ1n) is 5.47. The van der Waals surface area contributed by atoms with Crippen LogP contribution < -0.4 is 4.74 Å².